The van der Waals surface area contributed by atoms with Crippen LogP contribution in [0, 0.1) is 5.92 Å². The third kappa shape index (κ3) is 2.14. The van der Waals surface area contributed by atoms with Gasteiger partial charge in [0.05, 0.1) is 0 Å². The zero-order valence-electron chi connectivity index (χ0n) is 11.1. The minimum atomic E-state index is 0.657. The van der Waals surface area contributed by atoms with Crippen LogP contribution in [0.2, 0.25) is 0 Å². The summed E-state index contributed by atoms with van der Waals surface area (Å²) >= 11 is 0. The van der Waals surface area contributed by atoms with Crippen molar-refractivity contribution in [1.82, 2.24) is 0 Å². The van der Waals surface area contributed by atoms with Crippen molar-refractivity contribution in [2.75, 3.05) is 11.4 Å². The third-order valence-corrected chi connectivity index (χ3v) is 4.76. The standard InChI is InChI=1S/C16H24N2/c17-12-14-8-3-4-9-16(14)18-11-5-10-15(18)13-6-1-2-7-13/h3-4,8-9,13,15H,1-2,5-7,10-12,17H2. The molecule has 18 heavy (non-hydrogen) atoms. The van der Waals surface area contributed by atoms with E-state index in [4.69, 9.17) is 5.73 Å². The van der Waals surface area contributed by atoms with Gasteiger partial charge in [-0.15, -0.1) is 0 Å². The molecule has 2 heteroatoms. The SMILES string of the molecule is NCc1ccccc1N1CCCC1C1CCCC1. The number of hydrogen-bond acceptors (Lipinski definition) is 2. The molecule has 1 saturated carbocycles. The Hall–Kier alpha value is -1.02. The Kier molecular flexibility index (Phi) is 3.55. The first-order chi connectivity index (χ1) is 8.90. The molecule has 1 atom stereocenters. The van der Waals surface area contributed by atoms with E-state index in [9.17, 15) is 0 Å². The average molecular weight is 244 g/mol. The lowest BCUT2D eigenvalue weighted by molar-refractivity contribution is 0.430. The number of nitrogens with two attached hydrogens (primary N) is 1. The molecule has 1 unspecified atom stereocenters. The first-order valence-electron chi connectivity index (χ1n) is 7.45. The molecule has 1 saturated heterocycles. The van der Waals surface area contributed by atoms with Gasteiger partial charge in [-0.05, 0) is 43.2 Å². The molecule has 1 aliphatic heterocycles. The van der Waals surface area contributed by atoms with Crippen molar-refractivity contribution in [2.45, 2.75) is 51.1 Å². The largest absolute Gasteiger partial charge is 0.368 e. The number of benzene rings is 1. The van der Waals surface area contributed by atoms with Gasteiger partial charge in [0, 0.05) is 24.8 Å². The highest BCUT2D eigenvalue weighted by Gasteiger charge is 2.33. The van der Waals surface area contributed by atoms with Gasteiger partial charge < -0.3 is 10.6 Å². The van der Waals surface area contributed by atoms with Gasteiger partial charge in [0.15, 0.2) is 0 Å². The maximum Gasteiger partial charge on any atom is 0.0414 e. The Balaban J connectivity index is 1.85. The second kappa shape index (κ2) is 5.31. The fraction of sp³-hybridized carbons (Fsp3) is 0.625. The molecule has 2 aliphatic rings. The van der Waals surface area contributed by atoms with Gasteiger partial charge >= 0.3 is 0 Å². The van der Waals surface area contributed by atoms with Crippen LogP contribution in [-0.4, -0.2) is 12.6 Å². The third-order valence-electron chi connectivity index (χ3n) is 4.76. The summed E-state index contributed by atoms with van der Waals surface area (Å²) in [5, 5.41) is 0. The first kappa shape index (κ1) is 12.0. The van der Waals surface area contributed by atoms with Crippen LogP contribution in [0.15, 0.2) is 24.3 Å². The Bertz CT molecular complexity index is 396. The van der Waals surface area contributed by atoms with Crippen LogP contribution in [0.3, 0.4) is 0 Å². The summed E-state index contributed by atoms with van der Waals surface area (Å²) in [6.07, 6.45) is 8.47. The summed E-state index contributed by atoms with van der Waals surface area (Å²) in [5.41, 5.74) is 8.60. The molecule has 1 aliphatic carbocycles. The van der Waals surface area contributed by atoms with Crippen LogP contribution in [0.5, 0.6) is 0 Å². The lowest BCUT2D eigenvalue weighted by atomic mass is 9.95. The van der Waals surface area contributed by atoms with E-state index in [2.05, 4.69) is 29.2 Å². The molecule has 0 bridgehead atoms. The highest BCUT2D eigenvalue weighted by Crippen LogP contribution is 2.38. The van der Waals surface area contributed by atoms with E-state index in [1.54, 1.807) is 0 Å². The molecule has 2 N–H and O–H groups in total. The molecule has 0 amide bonds. The maximum atomic E-state index is 5.89. The van der Waals surface area contributed by atoms with E-state index < -0.39 is 0 Å². The zero-order valence-corrected chi connectivity index (χ0v) is 11.1. The van der Waals surface area contributed by atoms with Crippen molar-refractivity contribution >= 4 is 5.69 Å². The number of para-hydroxylation sites is 1. The summed E-state index contributed by atoms with van der Waals surface area (Å²) in [5.74, 6) is 0.929. The van der Waals surface area contributed by atoms with Crippen molar-refractivity contribution in [1.29, 1.82) is 0 Å². The van der Waals surface area contributed by atoms with Gasteiger partial charge in [0.2, 0.25) is 0 Å². The highest BCUT2D eigenvalue weighted by molar-refractivity contribution is 5.55. The van der Waals surface area contributed by atoms with Crippen LogP contribution < -0.4 is 10.6 Å². The lowest BCUT2D eigenvalue weighted by Crippen LogP contribution is -2.35. The molecule has 0 spiro atoms. The van der Waals surface area contributed by atoms with Gasteiger partial charge in [-0.3, -0.25) is 0 Å². The summed E-state index contributed by atoms with van der Waals surface area (Å²) in [7, 11) is 0. The zero-order chi connectivity index (χ0) is 12.4. The predicted octanol–water partition coefficient (Wildman–Crippen LogP) is 3.30. The van der Waals surface area contributed by atoms with Crippen LogP contribution in [0.25, 0.3) is 0 Å². The molecular formula is C16H24N2. The summed E-state index contributed by atoms with van der Waals surface area (Å²) in [4.78, 5) is 2.65. The smallest absolute Gasteiger partial charge is 0.0414 e. The van der Waals surface area contributed by atoms with Gasteiger partial charge in [-0.25, -0.2) is 0 Å². The monoisotopic (exact) mass is 244 g/mol. The lowest BCUT2D eigenvalue weighted by Gasteiger charge is -2.32. The number of anilines is 1. The van der Waals surface area contributed by atoms with E-state index in [1.165, 1.54) is 56.3 Å². The topological polar surface area (TPSA) is 29.3 Å². The fourth-order valence-electron chi connectivity index (χ4n) is 3.89. The number of hydrogen-bond donors (Lipinski definition) is 1. The molecule has 0 radical (unpaired) electrons. The molecule has 2 fully saturated rings. The van der Waals surface area contributed by atoms with E-state index in [1.807, 2.05) is 0 Å². The van der Waals surface area contributed by atoms with Gasteiger partial charge in [0.1, 0.15) is 0 Å². The molecule has 1 aromatic carbocycles. The molecular weight excluding hydrogens is 220 g/mol. The predicted molar refractivity (Wildman–Crippen MR) is 76.7 cm³/mol. The molecule has 2 nitrogen and oxygen atoms in total. The van der Waals surface area contributed by atoms with Crippen molar-refractivity contribution < 1.29 is 0 Å². The van der Waals surface area contributed by atoms with Crippen molar-refractivity contribution in [3.8, 4) is 0 Å². The Morgan fingerprint density at radius 1 is 1.06 bits per heavy atom. The Labute approximate surface area is 110 Å². The van der Waals surface area contributed by atoms with Crippen LogP contribution in [0.1, 0.15) is 44.1 Å². The molecule has 98 valence electrons. The van der Waals surface area contributed by atoms with E-state index >= 15 is 0 Å². The van der Waals surface area contributed by atoms with Crippen LogP contribution in [-0.2, 0) is 6.54 Å². The van der Waals surface area contributed by atoms with E-state index in [0.717, 1.165) is 12.0 Å². The van der Waals surface area contributed by atoms with Crippen molar-refractivity contribution in [2.24, 2.45) is 11.7 Å². The van der Waals surface area contributed by atoms with Gasteiger partial charge in [0.25, 0.3) is 0 Å². The Morgan fingerprint density at radius 3 is 2.61 bits per heavy atom. The van der Waals surface area contributed by atoms with Gasteiger partial charge in [-0.2, -0.15) is 0 Å². The minimum Gasteiger partial charge on any atom is -0.368 e. The quantitative estimate of drug-likeness (QED) is 0.884. The molecule has 1 heterocycles. The summed E-state index contributed by atoms with van der Waals surface area (Å²) < 4.78 is 0. The van der Waals surface area contributed by atoms with Crippen LogP contribution in [0.4, 0.5) is 5.69 Å². The Morgan fingerprint density at radius 2 is 1.83 bits per heavy atom. The molecule has 0 aromatic heterocycles. The van der Waals surface area contributed by atoms with E-state index in [0.29, 0.717) is 6.54 Å². The maximum absolute atomic E-state index is 5.89. The average Bonchev–Trinajstić information content (AvgIpc) is 3.09. The van der Waals surface area contributed by atoms with Crippen molar-refractivity contribution in [3.63, 3.8) is 0 Å². The summed E-state index contributed by atoms with van der Waals surface area (Å²) in [6.45, 7) is 1.88. The number of rotatable bonds is 3. The second-order valence-electron chi connectivity index (χ2n) is 5.78. The van der Waals surface area contributed by atoms with Crippen molar-refractivity contribution in [3.05, 3.63) is 29.8 Å². The fourth-order valence-corrected chi connectivity index (χ4v) is 3.89. The number of nitrogens with zero attached hydrogens (tertiary/aromatic N) is 1. The minimum absolute atomic E-state index is 0.657. The molecule has 1 aromatic rings. The molecule has 3 rings (SSSR count). The summed E-state index contributed by atoms with van der Waals surface area (Å²) in [6, 6.07) is 9.47. The normalized spacial score (nSPS) is 24.9. The highest BCUT2D eigenvalue weighted by atomic mass is 15.2. The van der Waals surface area contributed by atoms with Gasteiger partial charge in [-0.1, -0.05) is 31.0 Å². The second-order valence-corrected chi connectivity index (χ2v) is 5.78. The van der Waals surface area contributed by atoms with E-state index in [-0.39, 0.29) is 0 Å². The van der Waals surface area contributed by atoms with Crippen LogP contribution >= 0.6 is 0 Å². The first-order valence-corrected chi connectivity index (χ1v) is 7.45.